The fraction of sp³-hybridized carbons (Fsp3) is 0.190. The normalized spacial score (nSPS) is 19.7. The number of ether oxygens (including phenoxy) is 1. The van der Waals surface area contributed by atoms with Gasteiger partial charge in [0, 0.05) is 23.6 Å². The molecular weight excluding hydrogens is 418 g/mol. The Kier molecular flexibility index (Phi) is 4.63. The zero-order valence-electron chi connectivity index (χ0n) is 16.2. The highest BCUT2D eigenvalue weighted by Crippen LogP contribution is 2.40. The van der Waals surface area contributed by atoms with Crippen molar-refractivity contribution in [1.29, 1.82) is 0 Å². The third-order valence-electron chi connectivity index (χ3n) is 5.24. The standard InChI is InChI=1S/C21H17N5O4S/c27-17(24-19-23-15(12-31-19)14-6-3-4-9-22-14)11-26-18(28)21(25-20(26)29)8-10-30-16-7-2-1-5-13(16)21/h1-7,9,12H,8,10-11H2,(H,25,29)(H,23,24,27). The number of urea groups is 1. The van der Waals surface area contributed by atoms with Gasteiger partial charge in [0.05, 0.1) is 12.3 Å². The summed E-state index contributed by atoms with van der Waals surface area (Å²) in [5.41, 5.74) is 0.712. The molecule has 2 N–H and O–H groups in total. The van der Waals surface area contributed by atoms with Crippen LogP contribution in [0.1, 0.15) is 12.0 Å². The third kappa shape index (κ3) is 3.30. The van der Waals surface area contributed by atoms with Crippen molar-refractivity contribution in [2.45, 2.75) is 12.0 Å². The number of nitrogens with zero attached hydrogens (tertiary/aromatic N) is 3. The topological polar surface area (TPSA) is 114 Å². The highest BCUT2D eigenvalue weighted by atomic mass is 32.1. The van der Waals surface area contributed by atoms with Crippen molar-refractivity contribution >= 4 is 34.3 Å². The summed E-state index contributed by atoms with van der Waals surface area (Å²) in [5, 5.41) is 7.57. The molecule has 2 aliphatic heterocycles. The Labute approximate surface area is 181 Å². The Morgan fingerprint density at radius 1 is 1.19 bits per heavy atom. The van der Waals surface area contributed by atoms with Crippen LogP contribution in [0, 0.1) is 0 Å². The van der Waals surface area contributed by atoms with Crippen LogP contribution in [0.15, 0.2) is 54.0 Å². The van der Waals surface area contributed by atoms with Crippen LogP contribution >= 0.6 is 11.3 Å². The molecule has 2 aliphatic rings. The number of amides is 4. The second-order valence-corrected chi connectivity index (χ2v) is 7.98. The van der Waals surface area contributed by atoms with E-state index in [0.29, 0.717) is 40.9 Å². The lowest BCUT2D eigenvalue weighted by atomic mass is 9.84. The number of para-hydroxylation sites is 1. The van der Waals surface area contributed by atoms with Crippen LogP contribution in [-0.4, -0.2) is 45.9 Å². The number of benzene rings is 1. The Morgan fingerprint density at radius 3 is 2.87 bits per heavy atom. The van der Waals surface area contributed by atoms with Crippen LogP contribution < -0.4 is 15.4 Å². The van der Waals surface area contributed by atoms with Crippen molar-refractivity contribution in [2.24, 2.45) is 0 Å². The number of imide groups is 1. The Morgan fingerprint density at radius 2 is 2.03 bits per heavy atom. The summed E-state index contributed by atoms with van der Waals surface area (Å²) in [6.45, 7) is -0.119. The lowest BCUT2D eigenvalue weighted by Gasteiger charge is -2.33. The van der Waals surface area contributed by atoms with Crippen molar-refractivity contribution in [1.82, 2.24) is 20.2 Å². The number of carbonyl (C=O) groups excluding carboxylic acids is 3. The number of fused-ring (bicyclic) bond motifs is 2. The molecule has 4 heterocycles. The highest BCUT2D eigenvalue weighted by Gasteiger charge is 2.55. The van der Waals surface area contributed by atoms with Gasteiger partial charge in [-0.3, -0.25) is 19.5 Å². The molecule has 1 fully saturated rings. The summed E-state index contributed by atoms with van der Waals surface area (Å²) in [5.74, 6) is -0.418. The van der Waals surface area contributed by atoms with Gasteiger partial charge in [0.25, 0.3) is 5.91 Å². The number of carbonyl (C=O) groups is 3. The number of anilines is 1. The first-order valence-corrected chi connectivity index (χ1v) is 10.5. The van der Waals surface area contributed by atoms with E-state index in [0.717, 1.165) is 4.90 Å². The van der Waals surface area contributed by atoms with Crippen molar-refractivity contribution in [3.63, 3.8) is 0 Å². The van der Waals surface area contributed by atoms with Gasteiger partial charge in [-0.15, -0.1) is 11.3 Å². The average Bonchev–Trinajstić information content (AvgIpc) is 3.34. The van der Waals surface area contributed by atoms with Crippen LogP contribution in [0.2, 0.25) is 0 Å². The molecule has 31 heavy (non-hydrogen) atoms. The lowest BCUT2D eigenvalue weighted by Crippen LogP contribution is -2.48. The van der Waals surface area contributed by atoms with Crippen molar-refractivity contribution in [3.05, 3.63) is 59.6 Å². The van der Waals surface area contributed by atoms with Crippen molar-refractivity contribution < 1.29 is 19.1 Å². The maximum atomic E-state index is 13.2. The summed E-state index contributed by atoms with van der Waals surface area (Å²) >= 11 is 1.24. The van der Waals surface area contributed by atoms with E-state index in [1.165, 1.54) is 11.3 Å². The fourth-order valence-electron chi connectivity index (χ4n) is 3.78. The van der Waals surface area contributed by atoms with E-state index in [2.05, 4.69) is 20.6 Å². The zero-order valence-corrected chi connectivity index (χ0v) is 17.0. The van der Waals surface area contributed by atoms with Crippen LogP contribution in [-0.2, 0) is 15.1 Å². The van der Waals surface area contributed by atoms with Crippen LogP contribution in [0.25, 0.3) is 11.4 Å². The van der Waals surface area contributed by atoms with E-state index in [9.17, 15) is 14.4 Å². The molecule has 1 unspecified atom stereocenters. The van der Waals surface area contributed by atoms with Gasteiger partial charge in [0.15, 0.2) is 10.7 Å². The molecule has 4 amide bonds. The molecule has 0 aliphatic carbocycles. The summed E-state index contributed by atoms with van der Waals surface area (Å²) in [6, 6.07) is 12.0. The molecule has 2 aromatic heterocycles. The first kappa shape index (κ1) is 19.2. The van der Waals surface area contributed by atoms with Crippen molar-refractivity contribution in [3.8, 4) is 17.1 Å². The second-order valence-electron chi connectivity index (χ2n) is 7.12. The van der Waals surface area contributed by atoms with Gasteiger partial charge in [-0.1, -0.05) is 24.3 Å². The maximum absolute atomic E-state index is 13.2. The third-order valence-corrected chi connectivity index (χ3v) is 5.99. The van der Waals surface area contributed by atoms with Gasteiger partial charge in [0.1, 0.15) is 18.0 Å². The van der Waals surface area contributed by atoms with Crippen LogP contribution in [0.4, 0.5) is 9.93 Å². The predicted molar refractivity (Wildman–Crippen MR) is 112 cm³/mol. The number of aromatic nitrogens is 2. The number of nitrogens with one attached hydrogen (secondary N) is 2. The minimum absolute atomic E-state index is 0.290. The molecule has 10 heteroatoms. The van der Waals surface area contributed by atoms with E-state index >= 15 is 0 Å². The second kappa shape index (κ2) is 7.47. The van der Waals surface area contributed by atoms with E-state index in [1.807, 2.05) is 12.1 Å². The van der Waals surface area contributed by atoms with Gasteiger partial charge < -0.3 is 15.4 Å². The minimum atomic E-state index is -1.21. The van der Waals surface area contributed by atoms with E-state index < -0.39 is 29.9 Å². The minimum Gasteiger partial charge on any atom is -0.493 e. The lowest BCUT2D eigenvalue weighted by molar-refractivity contribution is -0.135. The molecule has 156 valence electrons. The number of hydrogen-bond donors (Lipinski definition) is 2. The Hall–Kier alpha value is -3.79. The molecule has 1 aromatic carbocycles. The number of rotatable bonds is 4. The predicted octanol–water partition coefficient (Wildman–Crippen LogP) is 2.37. The molecule has 0 saturated carbocycles. The van der Waals surface area contributed by atoms with Gasteiger partial charge in [-0.05, 0) is 18.2 Å². The number of hydrogen-bond acceptors (Lipinski definition) is 7. The molecule has 1 spiro atoms. The molecule has 5 rings (SSSR count). The smallest absolute Gasteiger partial charge is 0.325 e. The molecule has 3 aromatic rings. The van der Waals surface area contributed by atoms with E-state index in [4.69, 9.17) is 4.74 Å². The zero-order chi connectivity index (χ0) is 21.4. The van der Waals surface area contributed by atoms with Crippen LogP contribution in [0.3, 0.4) is 0 Å². The van der Waals surface area contributed by atoms with Gasteiger partial charge in [-0.25, -0.2) is 9.78 Å². The highest BCUT2D eigenvalue weighted by molar-refractivity contribution is 7.14. The number of thiazole rings is 1. The first-order valence-electron chi connectivity index (χ1n) is 9.60. The van der Waals surface area contributed by atoms with E-state index in [-0.39, 0.29) is 0 Å². The summed E-state index contributed by atoms with van der Waals surface area (Å²) in [4.78, 5) is 47.9. The fourth-order valence-corrected chi connectivity index (χ4v) is 4.50. The van der Waals surface area contributed by atoms with Crippen LogP contribution in [0.5, 0.6) is 5.75 Å². The van der Waals surface area contributed by atoms with Crippen molar-refractivity contribution in [2.75, 3.05) is 18.5 Å². The summed E-state index contributed by atoms with van der Waals surface area (Å²) in [7, 11) is 0. The SMILES string of the molecule is O=C(CN1C(=O)NC2(CCOc3ccccc32)C1=O)Nc1nc(-c2ccccn2)cs1. The summed E-state index contributed by atoms with van der Waals surface area (Å²) in [6.07, 6.45) is 1.96. The Balaban J connectivity index is 1.31. The summed E-state index contributed by atoms with van der Waals surface area (Å²) < 4.78 is 5.61. The number of pyridine rings is 1. The average molecular weight is 435 g/mol. The van der Waals surface area contributed by atoms with Gasteiger partial charge >= 0.3 is 6.03 Å². The molecular formula is C21H17N5O4S. The molecule has 1 saturated heterocycles. The van der Waals surface area contributed by atoms with Gasteiger partial charge in [-0.2, -0.15) is 0 Å². The molecule has 0 radical (unpaired) electrons. The maximum Gasteiger partial charge on any atom is 0.325 e. The molecule has 0 bridgehead atoms. The Bertz CT molecular complexity index is 1180. The quantitative estimate of drug-likeness (QED) is 0.609. The molecule has 1 atom stereocenters. The van der Waals surface area contributed by atoms with Gasteiger partial charge in [0.2, 0.25) is 5.91 Å². The monoisotopic (exact) mass is 435 g/mol. The molecule has 9 nitrogen and oxygen atoms in total. The van der Waals surface area contributed by atoms with E-state index in [1.54, 1.807) is 41.9 Å². The largest absolute Gasteiger partial charge is 0.493 e. The first-order chi connectivity index (χ1) is 15.1.